The van der Waals surface area contributed by atoms with E-state index in [0.29, 0.717) is 10.3 Å². The fourth-order valence-electron chi connectivity index (χ4n) is 2.22. The molecule has 2 aromatic rings. The van der Waals surface area contributed by atoms with Crippen molar-refractivity contribution in [2.24, 2.45) is 0 Å². The molecule has 0 saturated heterocycles. The summed E-state index contributed by atoms with van der Waals surface area (Å²) in [6.07, 6.45) is 3.39. The Balaban J connectivity index is 1.59. The van der Waals surface area contributed by atoms with Gasteiger partial charge in [0.1, 0.15) is 5.01 Å². The van der Waals surface area contributed by atoms with E-state index >= 15 is 0 Å². The summed E-state index contributed by atoms with van der Waals surface area (Å²) in [4.78, 5) is 30.9. The number of thioether (sulfide) groups is 1. The summed E-state index contributed by atoms with van der Waals surface area (Å²) in [6, 6.07) is 0. The van der Waals surface area contributed by atoms with Crippen LogP contribution in [-0.2, 0) is 24.1 Å². The predicted molar refractivity (Wildman–Crippen MR) is 85.5 cm³/mol. The van der Waals surface area contributed by atoms with Gasteiger partial charge in [0.2, 0.25) is 11.0 Å². The normalized spacial score (nSPS) is 13.1. The number of hydrogen-bond donors (Lipinski definition) is 2. The van der Waals surface area contributed by atoms with Crippen LogP contribution in [-0.4, -0.2) is 31.8 Å². The zero-order valence-corrected chi connectivity index (χ0v) is 13.6. The summed E-state index contributed by atoms with van der Waals surface area (Å²) in [5, 5.41) is 12.4. The summed E-state index contributed by atoms with van der Waals surface area (Å²) in [7, 11) is 0. The molecule has 1 aliphatic carbocycles. The molecular weight excluding hydrogens is 322 g/mol. The number of aryl methyl sites for hydroxylation is 2. The quantitative estimate of drug-likeness (QED) is 0.632. The first-order chi connectivity index (χ1) is 10.7. The number of aromatic nitrogens is 4. The van der Waals surface area contributed by atoms with E-state index in [-0.39, 0.29) is 17.2 Å². The summed E-state index contributed by atoms with van der Waals surface area (Å²) < 4.78 is 0. The highest BCUT2D eigenvalue weighted by atomic mass is 32.2. The third kappa shape index (κ3) is 3.36. The van der Waals surface area contributed by atoms with Crippen LogP contribution in [0.1, 0.15) is 29.6 Å². The van der Waals surface area contributed by atoms with Gasteiger partial charge in [0.05, 0.1) is 11.4 Å². The van der Waals surface area contributed by atoms with Crippen LogP contribution < -0.4 is 10.9 Å². The average Bonchev–Trinajstić information content (AvgIpc) is 3.14. The lowest BCUT2D eigenvalue weighted by Crippen LogP contribution is -2.17. The topological polar surface area (TPSA) is 101 Å². The van der Waals surface area contributed by atoms with Gasteiger partial charge in [-0.1, -0.05) is 30.0 Å². The van der Waals surface area contributed by atoms with Gasteiger partial charge in [-0.3, -0.25) is 14.9 Å². The van der Waals surface area contributed by atoms with E-state index in [1.165, 1.54) is 23.1 Å². The van der Waals surface area contributed by atoms with Crippen molar-refractivity contribution in [3.05, 3.63) is 26.6 Å². The molecule has 0 bridgehead atoms. The van der Waals surface area contributed by atoms with Gasteiger partial charge in [-0.25, -0.2) is 4.98 Å². The van der Waals surface area contributed by atoms with Crippen LogP contribution in [0.2, 0.25) is 0 Å². The SMILES string of the molecule is CCc1nnc(NC(=O)CSc2nc3c(c(=O)[nH]2)CCC3)s1. The third-order valence-corrected chi connectivity index (χ3v) is 5.13. The molecular formula is C13H15N5O2S2. The molecule has 3 rings (SSSR count). The molecule has 9 heteroatoms. The predicted octanol–water partition coefficient (Wildman–Crippen LogP) is 1.40. The first-order valence-electron chi connectivity index (χ1n) is 7.03. The fraction of sp³-hybridized carbons (Fsp3) is 0.462. The van der Waals surface area contributed by atoms with Crippen LogP contribution >= 0.6 is 23.1 Å². The number of nitrogens with zero attached hydrogens (tertiary/aromatic N) is 3. The first kappa shape index (κ1) is 15.2. The Morgan fingerprint density at radius 2 is 2.27 bits per heavy atom. The van der Waals surface area contributed by atoms with Crippen LogP contribution in [0.25, 0.3) is 0 Å². The van der Waals surface area contributed by atoms with E-state index in [1.807, 2.05) is 6.92 Å². The minimum absolute atomic E-state index is 0.0814. The lowest BCUT2D eigenvalue weighted by Gasteiger charge is -2.03. The van der Waals surface area contributed by atoms with Crippen molar-refractivity contribution in [1.82, 2.24) is 20.2 Å². The number of amides is 1. The monoisotopic (exact) mass is 337 g/mol. The molecule has 0 radical (unpaired) electrons. The molecule has 7 nitrogen and oxygen atoms in total. The van der Waals surface area contributed by atoms with Gasteiger partial charge in [-0.15, -0.1) is 10.2 Å². The standard InChI is InChI=1S/C13H15N5O2S2/c1-2-10-17-18-13(22-10)15-9(19)6-21-12-14-8-5-3-4-7(8)11(20)16-12/h2-6H2,1H3,(H,14,16,20)(H,15,18,19). The van der Waals surface area contributed by atoms with Crippen LogP contribution in [0.15, 0.2) is 9.95 Å². The van der Waals surface area contributed by atoms with E-state index in [9.17, 15) is 9.59 Å². The zero-order valence-electron chi connectivity index (χ0n) is 12.0. The highest BCUT2D eigenvalue weighted by molar-refractivity contribution is 7.99. The minimum atomic E-state index is -0.188. The Morgan fingerprint density at radius 3 is 3.05 bits per heavy atom. The number of carbonyl (C=O) groups is 1. The molecule has 116 valence electrons. The largest absolute Gasteiger partial charge is 0.301 e. The molecule has 2 N–H and O–H groups in total. The number of carbonyl (C=O) groups excluding carboxylic acids is 1. The molecule has 1 amide bonds. The molecule has 0 aliphatic heterocycles. The van der Waals surface area contributed by atoms with Crippen molar-refractivity contribution in [2.45, 2.75) is 37.8 Å². The van der Waals surface area contributed by atoms with Gasteiger partial charge in [0, 0.05) is 5.56 Å². The summed E-state index contributed by atoms with van der Waals surface area (Å²) in [6.45, 7) is 1.98. The molecule has 0 spiro atoms. The Labute approximate surface area is 135 Å². The van der Waals surface area contributed by atoms with Crippen molar-refractivity contribution >= 4 is 34.1 Å². The highest BCUT2D eigenvalue weighted by Crippen LogP contribution is 2.20. The number of rotatable bonds is 5. The van der Waals surface area contributed by atoms with E-state index in [2.05, 4.69) is 25.5 Å². The Kier molecular flexibility index (Phi) is 4.53. The maximum atomic E-state index is 11.9. The molecule has 0 saturated carbocycles. The summed E-state index contributed by atoms with van der Waals surface area (Å²) in [5.41, 5.74) is 1.57. The van der Waals surface area contributed by atoms with E-state index < -0.39 is 0 Å². The van der Waals surface area contributed by atoms with Crippen LogP contribution in [0.5, 0.6) is 0 Å². The first-order valence-corrected chi connectivity index (χ1v) is 8.83. The number of hydrogen-bond acceptors (Lipinski definition) is 7. The van der Waals surface area contributed by atoms with E-state index in [0.717, 1.165) is 41.9 Å². The molecule has 22 heavy (non-hydrogen) atoms. The maximum absolute atomic E-state index is 11.9. The van der Waals surface area contributed by atoms with Gasteiger partial charge in [-0.05, 0) is 25.7 Å². The van der Waals surface area contributed by atoms with Gasteiger partial charge in [-0.2, -0.15) is 0 Å². The second kappa shape index (κ2) is 6.57. The van der Waals surface area contributed by atoms with Crippen molar-refractivity contribution < 1.29 is 4.79 Å². The van der Waals surface area contributed by atoms with Crippen molar-refractivity contribution in [3.63, 3.8) is 0 Å². The van der Waals surface area contributed by atoms with Crippen molar-refractivity contribution in [1.29, 1.82) is 0 Å². The lowest BCUT2D eigenvalue weighted by atomic mass is 10.3. The molecule has 0 aromatic carbocycles. The number of nitrogens with one attached hydrogen (secondary N) is 2. The Morgan fingerprint density at radius 1 is 1.41 bits per heavy atom. The van der Waals surface area contributed by atoms with E-state index in [1.54, 1.807) is 0 Å². The van der Waals surface area contributed by atoms with Crippen LogP contribution in [0, 0.1) is 0 Å². The number of H-pyrrole nitrogens is 1. The van der Waals surface area contributed by atoms with E-state index in [4.69, 9.17) is 0 Å². The molecule has 2 aromatic heterocycles. The average molecular weight is 337 g/mol. The molecule has 0 atom stereocenters. The lowest BCUT2D eigenvalue weighted by molar-refractivity contribution is -0.113. The number of anilines is 1. The van der Waals surface area contributed by atoms with Gasteiger partial charge < -0.3 is 4.98 Å². The third-order valence-electron chi connectivity index (χ3n) is 3.28. The zero-order chi connectivity index (χ0) is 15.5. The Bertz CT molecular complexity index is 755. The maximum Gasteiger partial charge on any atom is 0.254 e. The molecule has 0 unspecified atom stereocenters. The number of aromatic amines is 1. The van der Waals surface area contributed by atoms with Crippen LogP contribution in [0.4, 0.5) is 5.13 Å². The Hall–Kier alpha value is -1.74. The second-order valence-electron chi connectivity index (χ2n) is 4.84. The second-order valence-corrected chi connectivity index (χ2v) is 6.87. The highest BCUT2D eigenvalue weighted by Gasteiger charge is 2.17. The van der Waals surface area contributed by atoms with Crippen LogP contribution in [0.3, 0.4) is 0 Å². The molecule has 2 heterocycles. The fourth-order valence-corrected chi connectivity index (χ4v) is 3.60. The molecule has 1 aliphatic rings. The van der Waals surface area contributed by atoms with Crippen molar-refractivity contribution in [2.75, 3.05) is 11.1 Å². The van der Waals surface area contributed by atoms with Gasteiger partial charge in [0.25, 0.3) is 5.56 Å². The summed E-state index contributed by atoms with van der Waals surface area (Å²) >= 11 is 2.58. The molecule has 0 fully saturated rings. The summed E-state index contributed by atoms with van der Waals surface area (Å²) in [5.74, 6) is -0.0186. The van der Waals surface area contributed by atoms with Crippen molar-refractivity contribution in [3.8, 4) is 0 Å². The number of fused-ring (bicyclic) bond motifs is 1. The minimum Gasteiger partial charge on any atom is -0.301 e. The van der Waals surface area contributed by atoms with Gasteiger partial charge >= 0.3 is 0 Å². The smallest absolute Gasteiger partial charge is 0.254 e. The van der Waals surface area contributed by atoms with Gasteiger partial charge in [0.15, 0.2) is 5.16 Å².